The van der Waals surface area contributed by atoms with E-state index < -0.39 is 15.6 Å². The second-order valence-corrected chi connectivity index (χ2v) is 16.0. The Morgan fingerprint density at radius 1 is 0.542 bits per heavy atom. The number of rotatable bonds is 32. The summed E-state index contributed by atoms with van der Waals surface area (Å²) in [5.41, 5.74) is 0. The van der Waals surface area contributed by atoms with Gasteiger partial charge < -0.3 is 9.47 Å². The predicted octanol–water partition coefficient (Wildman–Crippen LogP) is 12.9. The van der Waals surface area contributed by atoms with E-state index >= 15 is 0 Å². The van der Waals surface area contributed by atoms with Crippen LogP contribution in [0.2, 0.25) is 0 Å². The van der Waals surface area contributed by atoms with Crippen LogP contribution in [0.1, 0.15) is 168 Å². The van der Waals surface area contributed by atoms with E-state index in [9.17, 15) is 8.42 Å². The van der Waals surface area contributed by atoms with Crippen molar-refractivity contribution >= 4 is 9.84 Å². The Hall–Kier alpha value is -1.69. The molecule has 48 heavy (non-hydrogen) atoms. The highest BCUT2D eigenvalue weighted by Gasteiger charge is 2.40. The lowest BCUT2D eigenvalue weighted by molar-refractivity contribution is -0.179. The summed E-state index contributed by atoms with van der Waals surface area (Å²) in [7, 11) is -2.94. The molecule has 4 nitrogen and oxygen atoms in total. The van der Waals surface area contributed by atoms with Crippen LogP contribution in [0.25, 0.3) is 0 Å². The summed E-state index contributed by atoms with van der Waals surface area (Å²) in [6.07, 6.45) is 55.5. The van der Waals surface area contributed by atoms with Gasteiger partial charge in [0, 0.05) is 24.9 Å². The fraction of sp³-hybridized carbons (Fsp3) is 0.721. The Labute approximate surface area is 298 Å². The first-order valence-electron chi connectivity index (χ1n) is 19.8. The van der Waals surface area contributed by atoms with Crippen LogP contribution in [-0.2, 0) is 19.3 Å². The lowest BCUT2D eigenvalue weighted by Crippen LogP contribution is -2.31. The third-order valence-electron chi connectivity index (χ3n) is 8.85. The molecular formula is C43H74O4S. The van der Waals surface area contributed by atoms with Crippen LogP contribution in [0.5, 0.6) is 0 Å². The molecule has 276 valence electrons. The van der Waals surface area contributed by atoms with Gasteiger partial charge in [0.15, 0.2) is 5.79 Å². The molecule has 0 aliphatic carbocycles. The summed E-state index contributed by atoms with van der Waals surface area (Å²) >= 11 is 0. The zero-order valence-corrected chi connectivity index (χ0v) is 32.2. The zero-order valence-electron chi connectivity index (χ0n) is 31.4. The van der Waals surface area contributed by atoms with Gasteiger partial charge in [0.05, 0.1) is 12.7 Å². The van der Waals surface area contributed by atoms with E-state index in [4.69, 9.17) is 9.47 Å². The fourth-order valence-electron chi connectivity index (χ4n) is 5.97. The van der Waals surface area contributed by atoms with Gasteiger partial charge in [-0.05, 0) is 103 Å². The topological polar surface area (TPSA) is 52.6 Å². The number of hydrogen-bond acceptors (Lipinski definition) is 4. The van der Waals surface area contributed by atoms with Gasteiger partial charge in [0.2, 0.25) is 0 Å². The summed E-state index contributed by atoms with van der Waals surface area (Å²) in [5, 5.41) is 0. The third-order valence-corrected chi connectivity index (χ3v) is 9.88. The van der Waals surface area contributed by atoms with Crippen molar-refractivity contribution in [2.45, 2.75) is 180 Å². The molecular weight excluding hydrogens is 613 g/mol. The predicted molar refractivity (Wildman–Crippen MR) is 210 cm³/mol. The molecule has 0 aromatic heterocycles. The SMILES string of the molecule is CCCCCC=CCC=CCC=CCCCCCC1(CCCCCC=CCC=CCC=CCCCCC)OCC(CCCS(C)(=O)=O)O1. The van der Waals surface area contributed by atoms with Gasteiger partial charge in [-0.15, -0.1) is 0 Å². The Kier molecular flexibility index (Phi) is 28.9. The third kappa shape index (κ3) is 28.2. The molecule has 1 fully saturated rings. The first-order chi connectivity index (χ1) is 23.4. The van der Waals surface area contributed by atoms with Crippen molar-refractivity contribution < 1.29 is 17.9 Å². The van der Waals surface area contributed by atoms with Gasteiger partial charge in [-0.3, -0.25) is 0 Å². The zero-order chi connectivity index (χ0) is 34.9. The molecule has 0 aromatic rings. The van der Waals surface area contributed by atoms with E-state index in [2.05, 4.69) is 86.8 Å². The number of sulfone groups is 1. The minimum atomic E-state index is -2.94. The van der Waals surface area contributed by atoms with Crippen LogP contribution < -0.4 is 0 Å². The molecule has 0 bridgehead atoms. The van der Waals surface area contributed by atoms with Crippen LogP contribution in [0, 0.1) is 0 Å². The van der Waals surface area contributed by atoms with Crippen LogP contribution >= 0.6 is 0 Å². The van der Waals surface area contributed by atoms with E-state index in [1.54, 1.807) is 0 Å². The van der Waals surface area contributed by atoms with E-state index in [0.29, 0.717) is 13.0 Å². The summed E-state index contributed by atoms with van der Waals surface area (Å²) in [6.45, 7) is 5.08. The molecule has 1 aliphatic rings. The first-order valence-corrected chi connectivity index (χ1v) is 21.9. The summed E-state index contributed by atoms with van der Waals surface area (Å²) in [6, 6.07) is 0. The lowest BCUT2D eigenvalue weighted by Gasteiger charge is -2.28. The van der Waals surface area contributed by atoms with Crippen LogP contribution in [0.4, 0.5) is 0 Å². The molecule has 0 saturated carbocycles. The smallest absolute Gasteiger partial charge is 0.168 e. The van der Waals surface area contributed by atoms with E-state index in [0.717, 1.165) is 70.6 Å². The summed E-state index contributed by atoms with van der Waals surface area (Å²) in [5.74, 6) is -0.273. The van der Waals surface area contributed by atoms with E-state index in [1.165, 1.54) is 83.3 Å². The van der Waals surface area contributed by atoms with Crippen LogP contribution in [0.3, 0.4) is 0 Å². The molecule has 1 unspecified atom stereocenters. The Morgan fingerprint density at radius 2 is 0.938 bits per heavy atom. The second kappa shape index (κ2) is 31.3. The minimum Gasteiger partial charge on any atom is -0.347 e. The molecule has 0 aromatic carbocycles. The molecule has 0 N–H and O–H groups in total. The fourth-order valence-corrected chi connectivity index (χ4v) is 6.66. The largest absolute Gasteiger partial charge is 0.347 e. The number of ether oxygens (including phenoxy) is 2. The Bertz CT molecular complexity index is 963. The molecule has 1 rings (SSSR count). The minimum absolute atomic E-state index is 0.00632. The summed E-state index contributed by atoms with van der Waals surface area (Å²) < 4.78 is 36.1. The van der Waals surface area contributed by atoms with Gasteiger partial charge in [0.1, 0.15) is 9.84 Å². The summed E-state index contributed by atoms with van der Waals surface area (Å²) in [4.78, 5) is 0. The van der Waals surface area contributed by atoms with Crippen molar-refractivity contribution in [1.29, 1.82) is 0 Å². The van der Waals surface area contributed by atoms with Crippen molar-refractivity contribution in [1.82, 2.24) is 0 Å². The van der Waals surface area contributed by atoms with E-state index in [-0.39, 0.29) is 11.9 Å². The molecule has 0 amide bonds. The van der Waals surface area contributed by atoms with E-state index in [1.807, 2.05) is 0 Å². The van der Waals surface area contributed by atoms with Gasteiger partial charge in [-0.2, -0.15) is 0 Å². The van der Waals surface area contributed by atoms with Gasteiger partial charge in [-0.25, -0.2) is 8.42 Å². The van der Waals surface area contributed by atoms with Crippen molar-refractivity contribution in [3.05, 3.63) is 72.9 Å². The lowest BCUT2D eigenvalue weighted by atomic mass is 9.99. The molecule has 1 atom stereocenters. The number of allylic oxidation sites excluding steroid dienone is 12. The van der Waals surface area contributed by atoms with Gasteiger partial charge in [-0.1, -0.05) is 125 Å². The molecule has 1 heterocycles. The Morgan fingerprint density at radius 3 is 1.33 bits per heavy atom. The quantitative estimate of drug-likeness (QED) is 0.0522. The Balaban J connectivity index is 2.30. The normalized spacial score (nSPS) is 19.3. The van der Waals surface area contributed by atoms with Gasteiger partial charge in [0.25, 0.3) is 0 Å². The first kappa shape index (κ1) is 44.3. The van der Waals surface area contributed by atoms with Crippen LogP contribution in [-0.4, -0.2) is 38.9 Å². The average Bonchev–Trinajstić information content (AvgIpc) is 3.46. The maximum absolute atomic E-state index is 11.6. The molecule has 1 aliphatic heterocycles. The standard InChI is InChI=1S/C43H74O4S/c1-4-6-8-10-12-14-16-18-20-22-24-26-28-30-32-34-38-43(46-41-42(47-43)37-36-40-48(3,44)45)39-35-33-31-29-27-25-23-21-19-17-15-13-11-9-7-5-2/h12-15,18-21,24-27,42H,4-11,16-17,22-23,28-41H2,1-3H3. The highest BCUT2D eigenvalue weighted by molar-refractivity contribution is 7.90. The molecule has 5 heteroatoms. The maximum Gasteiger partial charge on any atom is 0.168 e. The molecule has 0 spiro atoms. The van der Waals surface area contributed by atoms with Crippen LogP contribution in [0.15, 0.2) is 72.9 Å². The highest BCUT2D eigenvalue weighted by atomic mass is 32.2. The number of hydrogen-bond donors (Lipinski definition) is 0. The molecule has 1 saturated heterocycles. The van der Waals surface area contributed by atoms with Crippen molar-refractivity contribution in [2.24, 2.45) is 0 Å². The average molecular weight is 687 g/mol. The monoisotopic (exact) mass is 687 g/mol. The van der Waals surface area contributed by atoms with Crippen molar-refractivity contribution in [3.63, 3.8) is 0 Å². The highest BCUT2D eigenvalue weighted by Crippen LogP contribution is 2.36. The second-order valence-electron chi connectivity index (χ2n) is 13.7. The maximum atomic E-state index is 11.6. The van der Waals surface area contributed by atoms with Gasteiger partial charge >= 0.3 is 0 Å². The van der Waals surface area contributed by atoms with Crippen molar-refractivity contribution in [2.75, 3.05) is 18.6 Å². The number of unbranched alkanes of at least 4 members (excludes halogenated alkanes) is 12. The van der Waals surface area contributed by atoms with Crippen molar-refractivity contribution in [3.8, 4) is 0 Å². The molecule has 0 radical (unpaired) electrons.